The zero-order valence-electron chi connectivity index (χ0n) is 12.5. The minimum atomic E-state index is 0.599. The van der Waals surface area contributed by atoms with Crippen LogP contribution >= 0.6 is 0 Å². The highest BCUT2D eigenvalue weighted by atomic mass is 16.5. The number of nitrogens with zero attached hydrogens (tertiary/aromatic N) is 2. The van der Waals surface area contributed by atoms with Gasteiger partial charge in [-0.25, -0.2) is 4.99 Å². The maximum atomic E-state index is 6.02. The van der Waals surface area contributed by atoms with Crippen LogP contribution in [0.4, 0.5) is 0 Å². The molecular weight excluding hydrogens is 250 g/mol. The zero-order valence-corrected chi connectivity index (χ0v) is 12.5. The number of ether oxygens (including phenoxy) is 1. The molecule has 0 aliphatic heterocycles. The highest BCUT2D eigenvalue weighted by Gasteiger charge is 2.27. The van der Waals surface area contributed by atoms with Crippen LogP contribution < -0.4 is 5.73 Å². The van der Waals surface area contributed by atoms with Crippen LogP contribution in [-0.2, 0) is 17.9 Å². The summed E-state index contributed by atoms with van der Waals surface area (Å²) >= 11 is 0. The molecule has 1 aromatic carbocycles. The number of hydrogen-bond acceptors (Lipinski definition) is 2. The summed E-state index contributed by atoms with van der Waals surface area (Å²) in [6.45, 7) is 4.18. The fourth-order valence-electron chi connectivity index (χ4n) is 2.11. The summed E-state index contributed by atoms with van der Waals surface area (Å²) in [5.41, 5.74) is 8.41. The topological polar surface area (TPSA) is 50.9 Å². The third-order valence-corrected chi connectivity index (χ3v) is 3.59. The number of guanidine groups is 1. The van der Waals surface area contributed by atoms with Crippen molar-refractivity contribution < 1.29 is 4.74 Å². The van der Waals surface area contributed by atoms with Gasteiger partial charge in [-0.3, -0.25) is 0 Å². The Bertz CT molecular complexity index is 455. The van der Waals surface area contributed by atoms with Gasteiger partial charge in [0.25, 0.3) is 0 Å². The molecule has 1 saturated carbocycles. The fourth-order valence-corrected chi connectivity index (χ4v) is 2.11. The van der Waals surface area contributed by atoms with E-state index in [4.69, 9.17) is 10.5 Å². The summed E-state index contributed by atoms with van der Waals surface area (Å²) in [6.07, 6.45) is 3.50. The first-order chi connectivity index (χ1) is 9.72. The van der Waals surface area contributed by atoms with E-state index in [1.165, 1.54) is 24.0 Å². The largest absolute Gasteiger partial charge is 0.377 e. The minimum Gasteiger partial charge on any atom is -0.377 e. The van der Waals surface area contributed by atoms with Crippen LogP contribution in [0, 0.1) is 0 Å². The van der Waals surface area contributed by atoms with Crippen LogP contribution in [-0.4, -0.2) is 30.6 Å². The van der Waals surface area contributed by atoms with Gasteiger partial charge in [0.05, 0.1) is 13.2 Å². The van der Waals surface area contributed by atoms with Gasteiger partial charge in [-0.15, -0.1) is 0 Å². The Morgan fingerprint density at radius 3 is 2.70 bits per heavy atom. The van der Waals surface area contributed by atoms with Crippen molar-refractivity contribution in [2.45, 2.75) is 45.4 Å². The maximum absolute atomic E-state index is 6.02. The molecular formula is C16H25N3O. The fraction of sp³-hybridized carbons (Fsp3) is 0.562. The molecule has 0 atom stereocenters. The molecule has 20 heavy (non-hydrogen) atoms. The van der Waals surface area contributed by atoms with Crippen molar-refractivity contribution in [3.05, 3.63) is 35.4 Å². The van der Waals surface area contributed by atoms with Gasteiger partial charge in [0, 0.05) is 19.7 Å². The third-order valence-electron chi connectivity index (χ3n) is 3.59. The molecule has 1 aliphatic rings. The summed E-state index contributed by atoms with van der Waals surface area (Å²) < 4.78 is 5.62. The van der Waals surface area contributed by atoms with Crippen molar-refractivity contribution in [2.75, 3.05) is 13.7 Å². The van der Waals surface area contributed by atoms with Gasteiger partial charge in [-0.1, -0.05) is 31.2 Å². The molecule has 0 radical (unpaired) electrons. The van der Waals surface area contributed by atoms with E-state index in [0.717, 1.165) is 13.0 Å². The van der Waals surface area contributed by atoms with Crippen LogP contribution in [0.1, 0.15) is 37.3 Å². The molecule has 0 unspecified atom stereocenters. The molecule has 2 N–H and O–H groups in total. The van der Waals surface area contributed by atoms with Crippen molar-refractivity contribution >= 4 is 5.96 Å². The summed E-state index contributed by atoms with van der Waals surface area (Å²) in [4.78, 5) is 6.59. The Kier molecular flexibility index (Phi) is 5.41. The smallest absolute Gasteiger partial charge is 0.191 e. The van der Waals surface area contributed by atoms with E-state index in [-0.39, 0.29) is 0 Å². The molecule has 1 aliphatic carbocycles. The average molecular weight is 275 g/mol. The van der Waals surface area contributed by atoms with Crippen molar-refractivity contribution in [2.24, 2.45) is 10.7 Å². The van der Waals surface area contributed by atoms with E-state index in [9.17, 15) is 0 Å². The Balaban J connectivity index is 1.95. The molecule has 1 aromatic rings. The number of hydrogen-bond donors (Lipinski definition) is 1. The predicted octanol–water partition coefficient (Wildman–Crippen LogP) is 2.52. The molecule has 2 rings (SSSR count). The van der Waals surface area contributed by atoms with Crippen molar-refractivity contribution in [3.8, 4) is 0 Å². The molecule has 4 heteroatoms. The Morgan fingerprint density at radius 1 is 1.35 bits per heavy atom. The maximum Gasteiger partial charge on any atom is 0.191 e. The Morgan fingerprint density at radius 2 is 2.05 bits per heavy atom. The highest BCUT2D eigenvalue weighted by molar-refractivity contribution is 5.78. The summed E-state index contributed by atoms with van der Waals surface area (Å²) in [7, 11) is 2.02. The standard InChI is InChI=1S/C16H25N3O/c1-3-10-20-12-14-7-5-4-6-13(14)11-18-16(17)19(2)15-8-9-15/h4-7,15H,3,8-12H2,1-2H3,(H2,17,18). The van der Waals surface area contributed by atoms with E-state index in [1.54, 1.807) is 0 Å². The lowest BCUT2D eigenvalue weighted by molar-refractivity contribution is 0.121. The van der Waals surface area contributed by atoms with Crippen LogP contribution in [0.2, 0.25) is 0 Å². The van der Waals surface area contributed by atoms with E-state index in [0.29, 0.717) is 25.2 Å². The predicted molar refractivity (Wildman–Crippen MR) is 82.5 cm³/mol. The summed E-state index contributed by atoms with van der Waals surface area (Å²) in [5, 5.41) is 0. The van der Waals surface area contributed by atoms with Gasteiger partial charge in [0.1, 0.15) is 0 Å². The van der Waals surface area contributed by atoms with Crippen LogP contribution in [0.25, 0.3) is 0 Å². The van der Waals surface area contributed by atoms with Gasteiger partial charge in [-0.05, 0) is 30.4 Å². The van der Waals surface area contributed by atoms with Crippen molar-refractivity contribution in [3.63, 3.8) is 0 Å². The molecule has 0 spiro atoms. The number of rotatable bonds is 7. The minimum absolute atomic E-state index is 0.599. The Labute approximate surface area is 121 Å². The zero-order chi connectivity index (χ0) is 14.4. The van der Waals surface area contributed by atoms with E-state index < -0.39 is 0 Å². The molecule has 0 heterocycles. The van der Waals surface area contributed by atoms with E-state index >= 15 is 0 Å². The lowest BCUT2D eigenvalue weighted by Crippen LogP contribution is -2.35. The molecule has 0 saturated heterocycles. The number of aliphatic imine (C=N–C) groups is 1. The molecule has 0 amide bonds. The summed E-state index contributed by atoms with van der Waals surface area (Å²) in [6, 6.07) is 8.87. The molecule has 1 fully saturated rings. The Hall–Kier alpha value is -1.55. The van der Waals surface area contributed by atoms with Crippen LogP contribution in [0.5, 0.6) is 0 Å². The third kappa shape index (κ3) is 4.23. The first kappa shape index (κ1) is 14.9. The molecule has 0 bridgehead atoms. The second kappa shape index (κ2) is 7.29. The number of nitrogens with two attached hydrogens (primary N) is 1. The SMILES string of the molecule is CCCOCc1ccccc1CN=C(N)N(C)C1CC1. The number of benzene rings is 1. The van der Waals surface area contributed by atoms with Gasteiger partial charge < -0.3 is 15.4 Å². The van der Waals surface area contributed by atoms with Gasteiger partial charge in [-0.2, -0.15) is 0 Å². The lowest BCUT2D eigenvalue weighted by Gasteiger charge is -2.17. The van der Waals surface area contributed by atoms with E-state index in [1.807, 2.05) is 19.2 Å². The van der Waals surface area contributed by atoms with Gasteiger partial charge in [0.2, 0.25) is 0 Å². The quantitative estimate of drug-likeness (QED) is 0.472. The van der Waals surface area contributed by atoms with Crippen molar-refractivity contribution in [1.29, 1.82) is 0 Å². The molecule has 110 valence electrons. The second-order valence-electron chi connectivity index (χ2n) is 5.34. The van der Waals surface area contributed by atoms with Crippen molar-refractivity contribution in [1.82, 2.24) is 4.90 Å². The summed E-state index contributed by atoms with van der Waals surface area (Å²) in [5.74, 6) is 0.636. The first-order valence-electron chi connectivity index (χ1n) is 7.39. The normalized spacial score (nSPS) is 15.4. The van der Waals surface area contributed by atoms with Crippen LogP contribution in [0.15, 0.2) is 29.3 Å². The monoisotopic (exact) mass is 275 g/mol. The molecule has 0 aromatic heterocycles. The first-order valence-corrected chi connectivity index (χ1v) is 7.39. The lowest BCUT2D eigenvalue weighted by atomic mass is 10.1. The van der Waals surface area contributed by atoms with Gasteiger partial charge in [0.15, 0.2) is 5.96 Å². The average Bonchev–Trinajstić information content (AvgIpc) is 3.30. The highest BCUT2D eigenvalue weighted by Crippen LogP contribution is 2.25. The van der Waals surface area contributed by atoms with Crippen LogP contribution in [0.3, 0.4) is 0 Å². The second-order valence-corrected chi connectivity index (χ2v) is 5.34. The molecule has 4 nitrogen and oxygen atoms in total. The van der Waals surface area contributed by atoms with Gasteiger partial charge >= 0.3 is 0 Å². The van der Waals surface area contributed by atoms with E-state index in [2.05, 4.69) is 28.9 Å².